The van der Waals surface area contributed by atoms with Gasteiger partial charge >= 0.3 is 0 Å². The van der Waals surface area contributed by atoms with E-state index in [9.17, 15) is 8.42 Å². The van der Waals surface area contributed by atoms with E-state index in [0.29, 0.717) is 12.2 Å². The van der Waals surface area contributed by atoms with Gasteiger partial charge in [-0.15, -0.1) is 0 Å². The number of hydrogen-bond donors (Lipinski definition) is 1. The number of aromatic nitrogens is 1. The highest BCUT2D eigenvalue weighted by atomic mass is 32.2. The minimum Gasteiger partial charge on any atom is -0.305 e. The molecule has 1 fully saturated rings. The highest BCUT2D eigenvalue weighted by molar-refractivity contribution is 7.91. The quantitative estimate of drug-likeness (QED) is 0.853. The van der Waals surface area contributed by atoms with E-state index in [2.05, 4.69) is 10.3 Å². The summed E-state index contributed by atoms with van der Waals surface area (Å²) in [7, 11) is -2.81. The van der Waals surface area contributed by atoms with Gasteiger partial charge in [0.15, 0.2) is 9.84 Å². The molecule has 0 radical (unpaired) electrons. The molecule has 1 aliphatic heterocycles. The second kappa shape index (κ2) is 4.51. The molecule has 2 heterocycles. The summed E-state index contributed by atoms with van der Waals surface area (Å²) in [6, 6.07) is 5.92. The fourth-order valence-electron chi connectivity index (χ4n) is 2.00. The van der Waals surface area contributed by atoms with E-state index >= 15 is 0 Å². The molecule has 88 valence electrons. The van der Waals surface area contributed by atoms with Crippen LogP contribution in [0.4, 0.5) is 0 Å². The maximum Gasteiger partial charge on any atom is 0.151 e. The molecule has 16 heavy (non-hydrogen) atoms. The van der Waals surface area contributed by atoms with Crippen LogP contribution in [0.25, 0.3) is 0 Å². The molecule has 5 heteroatoms. The zero-order valence-electron chi connectivity index (χ0n) is 9.26. The number of sulfone groups is 1. The van der Waals surface area contributed by atoms with Crippen molar-refractivity contribution in [3.8, 4) is 0 Å². The first-order valence-electron chi connectivity index (χ1n) is 5.44. The van der Waals surface area contributed by atoms with Crippen molar-refractivity contribution in [2.75, 3.05) is 11.5 Å². The Morgan fingerprint density at radius 2 is 2.31 bits per heavy atom. The van der Waals surface area contributed by atoms with Gasteiger partial charge < -0.3 is 5.32 Å². The van der Waals surface area contributed by atoms with Crippen molar-refractivity contribution in [1.29, 1.82) is 0 Å². The summed E-state index contributed by atoms with van der Waals surface area (Å²) in [5.41, 5.74) is 0.951. The Morgan fingerprint density at radius 3 is 2.88 bits per heavy atom. The topological polar surface area (TPSA) is 59.1 Å². The van der Waals surface area contributed by atoms with E-state index in [0.717, 1.165) is 5.69 Å². The molecule has 0 bridgehead atoms. The lowest BCUT2D eigenvalue weighted by Gasteiger charge is -2.17. The van der Waals surface area contributed by atoms with E-state index in [1.54, 1.807) is 6.20 Å². The van der Waals surface area contributed by atoms with Crippen molar-refractivity contribution in [3.05, 3.63) is 30.1 Å². The first-order chi connectivity index (χ1) is 7.57. The summed E-state index contributed by atoms with van der Waals surface area (Å²) >= 11 is 0. The molecule has 1 saturated heterocycles. The zero-order valence-corrected chi connectivity index (χ0v) is 10.1. The van der Waals surface area contributed by atoms with Crippen molar-refractivity contribution in [2.24, 2.45) is 0 Å². The van der Waals surface area contributed by atoms with Gasteiger partial charge in [0.1, 0.15) is 0 Å². The highest BCUT2D eigenvalue weighted by Gasteiger charge is 2.28. The number of nitrogens with zero attached hydrogens (tertiary/aromatic N) is 1. The molecule has 1 aliphatic rings. The van der Waals surface area contributed by atoms with Gasteiger partial charge in [0.05, 0.1) is 17.2 Å². The number of hydrogen-bond acceptors (Lipinski definition) is 4. The zero-order chi connectivity index (χ0) is 11.6. The lowest BCUT2D eigenvalue weighted by molar-refractivity contribution is 0.477. The predicted molar refractivity (Wildman–Crippen MR) is 62.8 cm³/mol. The van der Waals surface area contributed by atoms with Crippen LogP contribution in [0.5, 0.6) is 0 Å². The van der Waals surface area contributed by atoms with Gasteiger partial charge in [-0.2, -0.15) is 0 Å². The Kier molecular flexibility index (Phi) is 3.25. The maximum atomic E-state index is 11.3. The van der Waals surface area contributed by atoms with Crippen molar-refractivity contribution in [1.82, 2.24) is 10.3 Å². The molecule has 0 aromatic carbocycles. The molecule has 0 aliphatic carbocycles. The van der Waals surface area contributed by atoms with Crippen LogP contribution in [0, 0.1) is 0 Å². The van der Waals surface area contributed by atoms with Crippen LogP contribution < -0.4 is 5.32 Å². The highest BCUT2D eigenvalue weighted by Crippen LogP contribution is 2.16. The summed E-state index contributed by atoms with van der Waals surface area (Å²) in [6.45, 7) is 2.01. The number of rotatable bonds is 3. The third kappa shape index (κ3) is 2.80. The molecule has 1 N–H and O–H groups in total. The predicted octanol–water partition coefficient (Wildman–Crippen LogP) is 0.919. The average molecular weight is 240 g/mol. The van der Waals surface area contributed by atoms with E-state index in [-0.39, 0.29) is 17.8 Å². The first kappa shape index (κ1) is 11.5. The average Bonchev–Trinajstić information content (AvgIpc) is 2.59. The van der Waals surface area contributed by atoms with Crippen molar-refractivity contribution >= 4 is 9.84 Å². The van der Waals surface area contributed by atoms with Crippen LogP contribution >= 0.6 is 0 Å². The van der Waals surface area contributed by atoms with Crippen LogP contribution in [0.2, 0.25) is 0 Å². The van der Waals surface area contributed by atoms with Crippen molar-refractivity contribution in [3.63, 3.8) is 0 Å². The van der Waals surface area contributed by atoms with Crippen molar-refractivity contribution in [2.45, 2.75) is 25.4 Å². The van der Waals surface area contributed by atoms with Gasteiger partial charge in [0.2, 0.25) is 0 Å². The second-order valence-corrected chi connectivity index (χ2v) is 6.47. The Labute approximate surface area is 96.0 Å². The molecular weight excluding hydrogens is 224 g/mol. The molecule has 0 saturated carbocycles. The molecule has 0 spiro atoms. The Hall–Kier alpha value is -0.940. The van der Waals surface area contributed by atoms with Crippen molar-refractivity contribution < 1.29 is 8.42 Å². The van der Waals surface area contributed by atoms with Gasteiger partial charge in [0, 0.05) is 18.3 Å². The third-order valence-electron chi connectivity index (χ3n) is 2.85. The molecule has 2 unspecified atom stereocenters. The molecule has 1 aromatic heterocycles. The van der Waals surface area contributed by atoms with Crippen LogP contribution in [0.15, 0.2) is 24.4 Å². The molecule has 1 aromatic rings. The monoisotopic (exact) mass is 240 g/mol. The fourth-order valence-corrected chi connectivity index (χ4v) is 3.68. The Bertz CT molecular complexity index is 444. The molecule has 4 nitrogen and oxygen atoms in total. The van der Waals surface area contributed by atoms with Gasteiger partial charge in [-0.25, -0.2) is 8.42 Å². The first-order valence-corrected chi connectivity index (χ1v) is 7.26. The maximum absolute atomic E-state index is 11.3. The van der Waals surface area contributed by atoms with Gasteiger partial charge in [-0.3, -0.25) is 4.98 Å². The number of nitrogens with one attached hydrogen (secondary N) is 1. The van der Waals surface area contributed by atoms with Gasteiger partial charge in [-0.1, -0.05) is 6.07 Å². The minimum atomic E-state index is -2.81. The molecule has 2 rings (SSSR count). The number of pyridine rings is 1. The van der Waals surface area contributed by atoms with Crippen LogP contribution in [-0.2, 0) is 9.84 Å². The normalized spacial score (nSPS) is 25.4. The summed E-state index contributed by atoms with van der Waals surface area (Å²) in [6.07, 6.45) is 2.46. The van der Waals surface area contributed by atoms with E-state index < -0.39 is 9.84 Å². The fraction of sp³-hybridized carbons (Fsp3) is 0.545. The smallest absolute Gasteiger partial charge is 0.151 e. The summed E-state index contributed by atoms with van der Waals surface area (Å²) < 4.78 is 22.6. The molecular formula is C11H16N2O2S. The van der Waals surface area contributed by atoms with Crippen LogP contribution in [0.1, 0.15) is 25.1 Å². The van der Waals surface area contributed by atoms with Crippen LogP contribution in [-0.4, -0.2) is 30.9 Å². The SMILES string of the molecule is CC(NC1CCS(=O)(=O)C1)c1ccccn1. The lowest BCUT2D eigenvalue weighted by Crippen LogP contribution is -2.32. The largest absolute Gasteiger partial charge is 0.305 e. The molecule has 0 amide bonds. The Morgan fingerprint density at radius 1 is 1.50 bits per heavy atom. The van der Waals surface area contributed by atoms with E-state index in [1.165, 1.54) is 0 Å². The standard InChI is InChI=1S/C11H16N2O2S/c1-9(11-4-2-3-6-12-11)13-10-5-7-16(14,15)8-10/h2-4,6,9-10,13H,5,7-8H2,1H3. The van der Waals surface area contributed by atoms with Gasteiger partial charge in [0.25, 0.3) is 0 Å². The molecule has 2 atom stereocenters. The minimum absolute atomic E-state index is 0.0713. The van der Waals surface area contributed by atoms with Gasteiger partial charge in [-0.05, 0) is 25.5 Å². The Balaban J connectivity index is 1.96. The van der Waals surface area contributed by atoms with E-state index in [1.807, 2.05) is 25.1 Å². The summed E-state index contributed by atoms with van der Waals surface area (Å²) in [4.78, 5) is 4.25. The summed E-state index contributed by atoms with van der Waals surface area (Å²) in [5.74, 6) is 0.559. The third-order valence-corrected chi connectivity index (χ3v) is 4.62. The van der Waals surface area contributed by atoms with Crippen LogP contribution in [0.3, 0.4) is 0 Å². The lowest BCUT2D eigenvalue weighted by atomic mass is 10.1. The summed E-state index contributed by atoms with van der Waals surface area (Å²) in [5, 5.41) is 3.31. The second-order valence-electron chi connectivity index (χ2n) is 4.24. The van der Waals surface area contributed by atoms with E-state index in [4.69, 9.17) is 0 Å².